The summed E-state index contributed by atoms with van der Waals surface area (Å²) in [5.74, 6) is 0.0430. The Morgan fingerprint density at radius 1 is 1.19 bits per heavy atom. The van der Waals surface area contributed by atoms with Crippen LogP contribution in [-0.2, 0) is 22.7 Å². The number of rotatable bonds is 6. The predicted molar refractivity (Wildman–Crippen MR) is 85.6 cm³/mol. The quantitative estimate of drug-likeness (QED) is 0.166. The van der Waals surface area contributed by atoms with E-state index in [1.165, 1.54) is 4.57 Å². The second-order valence-corrected chi connectivity index (χ2v) is 8.91. The maximum absolute atomic E-state index is 11.3. The molecule has 156 valence electrons. The minimum Gasteiger partial charge on any atom is -0.790 e. The number of phosphoric acid groups is 2. The maximum atomic E-state index is 11.3. The van der Waals surface area contributed by atoms with Gasteiger partial charge in [-0.25, -0.2) is 15.0 Å². The average molecular weight is 572 g/mol. The first-order valence-electron chi connectivity index (χ1n) is 7.24. The van der Waals surface area contributed by atoms with E-state index in [9.17, 15) is 34.0 Å². The number of aromatic nitrogens is 4. The van der Waals surface area contributed by atoms with Crippen molar-refractivity contribution in [3.05, 3.63) is 11.1 Å². The van der Waals surface area contributed by atoms with Crippen molar-refractivity contribution in [2.24, 2.45) is 0 Å². The Balaban J connectivity index is 0.00000300. The summed E-state index contributed by atoms with van der Waals surface area (Å²) < 4.78 is 36.0. The van der Waals surface area contributed by atoms with Gasteiger partial charge < -0.3 is 44.5 Å². The minimum atomic E-state index is -5.86. The standard InChI is InChI=1S/C10H14BrN5O10P2.3Na/c11-10-15-4-7(12)13-2-14-8(4)16(10)9-6(18)5(17)3(25-9)1-24-28(22,23)26-27(19,20)21;;;/h2-3,5-6,9,17-18H,1H2,(H,22,23)(H2,12,13,14)(H2,19,20,21);;;/q;3*+1/p-3/t3-,5-,6-,9-;;;/m1.../s1. The fraction of sp³-hybridized carbons (Fsp3) is 0.500. The van der Waals surface area contributed by atoms with Crippen LogP contribution >= 0.6 is 31.6 Å². The van der Waals surface area contributed by atoms with E-state index in [0.717, 1.165) is 6.33 Å². The van der Waals surface area contributed by atoms with Crippen LogP contribution in [0, 0.1) is 0 Å². The van der Waals surface area contributed by atoms with E-state index >= 15 is 0 Å². The van der Waals surface area contributed by atoms with Gasteiger partial charge in [-0.1, -0.05) is 0 Å². The fourth-order valence-corrected chi connectivity index (χ4v) is 4.56. The molecule has 31 heavy (non-hydrogen) atoms. The van der Waals surface area contributed by atoms with Crippen molar-refractivity contribution in [2.45, 2.75) is 24.5 Å². The zero-order valence-corrected chi connectivity index (χ0v) is 25.8. The van der Waals surface area contributed by atoms with Crippen LogP contribution in [0.25, 0.3) is 11.2 Å². The summed E-state index contributed by atoms with van der Waals surface area (Å²) in [6.07, 6.45) is -4.84. The van der Waals surface area contributed by atoms with E-state index < -0.39 is 46.8 Å². The SMILES string of the molecule is Nc1ncnc2c1nc(Br)n2[C@@H]1O[C@H](COP(=O)([O-])OP(=O)([O-])[O-])[C@@H](O)[C@H]1O.[Na+].[Na+].[Na+]. The van der Waals surface area contributed by atoms with Crippen LogP contribution in [0.5, 0.6) is 0 Å². The monoisotopic (exact) mass is 571 g/mol. The van der Waals surface area contributed by atoms with Crippen LogP contribution < -0.4 is 109 Å². The molecule has 4 N–H and O–H groups in total. The van der Waals surface area contributed by atoms with Crippen LogP contribution in [0.3, 0.4) is 0 Å². The number of nitrogens with two attached hydrogens (primary N) is 1. The molecule has 0 spiro atoms. The van der Waals surface area contributed by atoms with Gasteiger partial charge in [0, 0.05) is 0 Å². The Kier molecular flexibility index (Phi) is 13.6. The van der Waals surface area contributed by atoms with Crippen molar-refractivity contribution in [3.8, 4) is 0 Å². The molecule has 2 aromatic rings. The summed E-state index contributed by atoms with van der Waals surface area (Å²) in [6, 6.07) is 0. The topological polar surface area (TPSA) is 241 Å². The second kappa shape index (κ2) is 12.8. The number of phosphoric ester groups is 1. The van der Waals surface area contributed by atoms with Crippen molar-refractivity contribution < 1.29 is 136 Å². The number of halogens is 1. The van der Waals surface area contributed by atoms with Gasteiger partial charge in [0.25, 0.3) is 7.82 Å². The summed E-state index contributed by atoms with van der Waals surface area (Å²) in [5.41, 5.74) is 6.02. The molecule has 2 aromatic heterocycles. The third kappa shape index (κ3) is 7.98. The Morgan fingerprint density at radius 3 is 2.39 bits per heavy atom. The first-order valence-corrected chi connectivity index (χ1v) is 11.0. The molecule has 3 rings (SSSR count). The molecule has 0 amide bonds. The molecule has 0 aliphatic carbocycles. The predicted octanol–water partition coefficient (Wildman–Crippen LogP) is -11.9. The number of hydrogen-bond acceptors (Lipinski definition) is 14. The van der Waals surface area contributed by atoms with Crippen molar-refractivity contribution in [1.29, 1.82) is 0 Å². The van der Waals surface area contributed by atoms with Crippen LogP contribution in [0.4, 0.5) is 5.82 Å². The Bertz CT molecular complexity index is 997. The van der Waals surface area contributed by atoms with E-state index in [1.807, 2.05) is 0 Å². The van der Waals surface area contributed by atoms with Crippen molar-refractivity contribution in [2.75, 3.05) is 12.3 Å². The van der Waals surface area contributed by atoms with Gasteiger partial charge in [0.1, 0.15) is 24.6 Å². The third-order valence-electron chi connectivity index (χ3n) is 3.65. The van der Waals surface area contributed by atoms with Gasteiger partial charge in [0.2, 0.25) is 0 Å². The van der Waals surface area contributed by atoms with E-state index in [4.69, 9.17) is 10.5 Å². The van der Waals surface area contributed by atoms with E-state index in [2.05, 4.69) is 39.7 Å². The molecule has 1 aliphatic rings. The van der Waals surface area contributed by atoms with Crippen molar-refractivity contribution in [1.82, 2.24) is 19.5 Å². The molecule has 3 heterocycles. The zero-order chi connectivity index (χ0) is 20.9. The molecule has 1 unspecified atom stereocenters. The number of hydrogen-bond donors (Lipinski definition) is 3. The third-order valence-corrected chi connectivity index (χ3v) is 6.28. The van der Waals surface area contributed by atoms with E-state index in [1.54, 1.807) is 0 Å². The molecule has 0 bridgehead atoms. The molecule has 1 saturated heterocycles. The Hall–Kier alpha value is 1.97. The van der Waals surface area contributed by atoms with Gasteiger partial charge in [-0.15, -0.1) is 0 Å². The zero-order valence-electron chi connectivity index (χ0n) is 16.4. The smallest absolute Gasteiger partial charge is 0.790 e. The Labute approximate surface area is 249 Å². The van der Waals surface area contributed by atoms with Gasteiger partial charge in [-0.2, -0.15) is 0 Å². The van der Waals surface area contributed by atoms with E-state index in [-0.39, 0.29) is 110 Å². The number of nitrogens with zero attached hydrogens (tertiary/aromatic N) is 4. The van der Waals surface area contributed by atoms with Crippen LogP contribution in [0.2, 0.25) is 0 Å². The molecule has 21 heteroatoms. The molecule has 0 saturated carbocycles. The molecular weight excluding hydrogens is 561 g/mol. The molecule has 15 nitrogen and oxygen atoms in total. The van der Waals surface area contributed by atoms with E-state index in [0.29, 0.717) is 0 Å². The summed E-state index contributed by atoms with van der Waals surface area (Å²) in [7, 11) is -11.4. The molecule has 0 radical (unpaired) electrons. The maximum Gasteiger partial charge on any atom is 1.00 e. The summed E-state index contributed by atoms with van der Waals surface area (Å²) in [5, 5.41) is 20.4. The number of aliphatic hydroxyl groups excluding tert-OH is 2. The number of imidazole rings is 1. The molecular formula is C10H11BrN5Na3O10P2. The summed E-state index contributed by atoms with van der Waals surface area (Å²) in [4.78, 5) is 43.9. The largest absolute Gasteiger partial charge is 1.00 e. The number of fused-ring (bicyclic) bond motifs is 1. The second-order valence-electron chi connectivity index (χ2n) is 5.50. The molecule has 1 fully saturated rings. The summed E-state index contributed by atoms with van der Waals surface area (Å²) in [6.45, 7) is -0.948. The van der Waals surface area contributed by atoms with Crippen LogP contribution in [0.1, 0.15) is 6.23 Å². The summed E-state index contributed by atoms with van der Waals surface area (Å²) >= 11 is 3.13. The number of aliphatic hydroxyl groups is 2. The minimum absolute atomic E-state index is 0. The van der Waals surface area contributed by atoms with Gasteiger partial charge in [-0.3, -0.25) is 13.4 Å². The van der Waals surface area contributed by atoms with Gasteiger partial charge in [-0.05, 0) is 15.9 Å². The molecule has 1 aliphatic heterocycles. The van der Waals surface area contributed by atoms with Crippen LogP contribution in [-0.4, -0.2) is 54.7 Å². The average Bonchev–Trinajstić information content (AvgIpc) is 3.02. The number of anilines is 1. The Morgan fingerprint density at radius 2 is 1.81 bits per heavy atom. The van der Waals surface area contributed by atoms with Crippen molar-refractivity contribution in [3.63, 3.8) is 0 Å². The first kappa shape index (κ1) is 33.0. The number of nitrogen functional groups attached to an aromatic ring is 1. The van der Waals surface area contributed by atoms with Crippen LogP contribution in [0.15, 0.2) is 11.1 Å². The number of ether oxygens (including phenoxy) is 1. The van der Waals surface area contributed by atoms with Crippen molar-refractivity contribution >= 4 is 48.6 Å². The van der Waals surface area contributed by atoms with Gasteiger partial charge in [0.15, 0.2) is 27.9 Å². The molecule has 0 aromatic carbocycles. The normalized spacial score (nSPS) is 25.2. The van der Waals surface area contributed by atoms with Gasteiger partial charge >= 0.3 is 88.7 Å². The first-order chi connectivity index (χ1) is 12.9. The van der Waals surface area contributed by atoms with Gasteiger partial charge in [0.05, 0.1) is 14.4 Å². The molecule has 5 atom stereocenters. The fourth-order valence-electron chi connectivity index (χ4n) is 2.52.